The molecule has 4 rings (SSSR count). The molecule has 0 aromatic heterocycles. The van der Waals surface area contributed by atoms with Crippen molar-refractivity contribution in [2.75, 3.05) is 31.3 Å². The van der Waals surface area contributed by atoms with Crippen LogP contribution in [0.5, 0.6) is 11.5 Å². The molecule has 2 aromatic rings. The van der Waals surface area contributed by atoms with Crippen LogP contribution in [-0.2, 0) is 0 Å². The van der Waals surface area contributed by atoms with E-state index in [1.165, 1.54) is 11.3 Å². The number of aryl methyl sites for hydroxylation is 1. The van der Waals surface area contributed by atoms with Gasteiger partial charge < -0.3 is 25.0 Å². The maximum atomic E-state index is 12.4. The van der Waals surface area contributed by atoms with Crippen molar-refractivity contribution in [1.82, 2.24) is 10.6 Å². The summed E-state index contributed by atoms with van der Waals surface area (Å²) in [6, 6.07) is 11.4. The number of benzene rings is 2. The summed E-state index contributed by atoms with van der Waals surface area (Å²) in [6.45, 7) is 6.84. The molecule has 7 heteroatoms. The number of amides is 2. The SMILES string of the molecule is Cc1ccc(Cl)cc1N1CCC(CNC(=O)NC(C)c2ccc3c(c2)OCO3)C1. The summed E-state index contributed by atoms with van der Waals surface area (Å²) < 4.78 is 10.7. The lowest BCUT2D eigenvalue weighted by Gasteiger charge is -2.21. The zero-order chi connectivity index (χ0) is 20.4. The van der Waals surface area contributed by atoms with Gasteiger partial charge in [0, 0.05) is 30.3 Å². The summed E-state index contributed by atoms with van der Waals surface area (Å²) in [5.41, 5.74) is 3.38. The third-order valence-corrected chi connectivity index (χ3v) is 5.83. The number of urea groups is 1. The Morgan fingerprint density at radius 2 is 2.07 bits per heavy atom. The van der Waals surface area contributed by atoms with Gasteiger partial charge in [-0.25, -0.2) is 4.79 Å². The van der Waals surface area contributed by atoms with Gasteiger partial charge in [0.2, 0.25) is 6.79 Å². The molecule has 6 nitrogen and oxygen atoms in total. The van der Waals surface area contributed by atoms with Crippen LogP contribution >= 0.6 is 11.6 Å². The first-order valence-corrected chi connectivity index (χ1v) is 10.3. The van der Waals surface area contributed by atoms with E-state index in [0.717, 1.165) is 41.6 Å². The monoisotopic (exact) mass is 415 g/mol. The minimum atomic E-state index is -0.160. The molecule has 0 spiro atoms. The van der Waals surface area contributed by atoms with E-state index in [9.17, 15) is 4.79 Å². The average molecular weight is 416 g/mol. The number of anilines is 1. The van der Waals surface area contributed by atoms with Crippen LogP contribution in [0.25, 0.3) is 0 Å². The summed E-state index contributed by atoms with van der Waals surface area (Å²) in [6.07, 6.45) is 1.05. The van der Waals surface area contributed by atoms with Gasteiger partial charge in [-0.1, -0.05) is 23.7 Å². The second-order valence-corrected chi connectivity index (χ2v) is 8.16. The van der Waals surface area contributed by atoms with E-state index in [2.05, 4.69) is 22.5 Å². The van der Waals surface area contributed by atoms with E-state index in [1.54, 1.807) is 0 Å². The van der Waals surface area contributed by atoms with Crippen molar-refractivity contribution in [3.05, 3.63) is 52.5 Å². The van der Waals surface area contributed by atoms with Crippen molar-refractivity contribution in [1.29, 1.82) is 0 Å². The molecule has 0 saturated carbocycles. The van der Waals surface area contributed by atoms with E-state index in [4.69, 9.17) is 21.1 Å². The van der Waals surface area contributed by atoms with E-state index >= 15 is 0 Å². The highest BCUT2D eigenvalue weighted by Gasteiger charge is 2.24. The Labute approximate surface area is 176 Å². The number of carbonyl (C=O) groups excluding carboxylic acids is 1. The lowest BCUT2D eigenvalue weighted by molar-refractivity contribution is 0.174. The van der Waals surface area contributed by atoms with Gasteiger partial charge in [-0.3, -0.25) is 0 Å². The van der Waals surface area contributed by atoms with Gasteiger partial charge in [-0.05, 0) is 61.6 Å². The molecule has 29 heavy (non-hydrogen) atoms. The lowest BCUT2D eigenvalue weighted by atomic mass is 10.1. The highest BCUT2D eigenvalue weighted by molar-refractivity contribution is 6.30. The van der Waals surface area contributed by atoms with E-state index in [-0.39, 0.29) is 18.9 Å². The van der Waals surface area contributed by atoms with Crippen LogP contribution in [0, 0.1) is 12.8 Å². The van der Waals surface area contributed by atoms with Gasteiger partial charge in [-0.2, -0.15) is 0 Å². The molecular weight excluding hydrogens is 390 g/mol. The van der Waals surface area contributed by atoms with Crippen LogP contribution in [0.4, 0.5) is 10.5 Å². The predicted molar refractivity (Wildman–Crippen MR) is 114 cm³/mol. The quantitative estimate of drug-likeness (QED) is 0.765. The number of fused-ring (bicyclic) bond motifs is 1. The summed E-state index contributed by atoms with van der Waals surface area (Å²) in [5.74, 6) is 1.88. The second kappa shape index (κ2) is 8.41. The van der Waals surface area contributed by atoms with Crippen LogP contribution in [0.1, 0.15) is 30.5 Å². The molecule has 2 N–H and O–H groups in total. The number of halogens is 1. The van der Waals surface area contributed by atoms with Crippen molar-refractivity contribution >= 4 is 23.3 Å². The van der Waals surface area contributed by atoms with E-state index < -0.39 is 0 Å². The van der Waals surface area contributed by atoms with E-state index in [1.807, 2.05) is 43.3 Å². The Bertz CT molecular complexity index is 905. The van der Waals surface area contributed by atoms with E-state index in [0.29, 0.717) is 12.5 Å². The van der Waals surface area contributed by atoms with Crippen molar-refractivity contribution in [2.24, 2.45) is 5.92 Å². The van der Waals surface area contributed by atoms with Crippen molar-refractivity contribution < 1.29 is 14.3 Å². The largest absolute Gasteiger partial charge is 0.454 e. The average Bonchev–Trinajstić information content (AvgIpc) is 3.36. The van der Waals surface area contributed by atoms with Gasteiger partial charge in [0.25, 0.3) is 0 Å². The molecule has 0 radical (unpaired) electrons. The lowest BCUT2D eigenvalue weighted by Crippen LogP contribution is -2.40. The molecule has 2 atom stereocenters. The van der Waals surface area contributed by atoms with Gasteiger partial charge in [-0.15, -0.1) is 0 Å². The molecule has 0 bridgehead atoms. The standard InChI is InChI=1S/C22H26ClN3O3/c1-14-3-5-18(23)10-19(14)26-8-7-16(12-26)11-24-22(27)25-15(2)17-4-6-20-21(9-17)29-13-28-20/h3-6,9-10,15-16H,7-8,11-13H2,1-2H3,(H2,24,25,27). The third kappa shape index (κ3) is 4.53. The molecule has 2 unspecified atom stereocenters. The number of nitrogens with zero attached hydrogens (tertiary/aromatic N) is 1. The minimum Gasteiger partial charge on any atom is -0.454 e. The molecule has 1 fully saturated rings. The van der Waals surface area contributed by atoms with Gasteiger partial charge in [0.1, 0.15) is 0 Å². The fourth-order valence-corrected chi connectivity index (χ4v) is 4.06. The molecule has 0 aliphatic carbocycles. The number of nitrogens with one attached hydrogen (secondary N) is 2. The highest BCUT2D eigenvalue weighted by atomic mass is 35.5. The predicted octanol–water partition coefficient (Wildman–Crippen LogP) is 4.26. The Balaban J connectivity index is 1.26. The molecule has 2 amide bonds. The normalized spacial score (nSPS) is 18.6. The Morgan fingerprint density at radius 3 is 2.93 bits per heavy atom. The number of ether oxygens (including phenoxy) is 2. The van der Waals surface area contributed by atoms with Crippen LogP contribution in [-0.4, -0.2) is 32.5 Å². The summed E-state index contributed by atoms with van der Waals surface area (Å²) in [5, 5.41) is 6.76. The Morgan fingerprint density at radius 1 is 1.24 bits per heavy atom. The van der Waals surface area contributed by atoms with Crippen LogP contribution in [0.2, 0.25) is 5.02 Å². The van der Waals surface area contributed by atoms with Crippen molar-refractivity contribution in [3.63, 3.8) is 0 Å². The number of hydrogen-bond donors (Lipinski definition) is 2. The van der Waals surface area contributed by atoms with Gasteiger partial charge in [0.05, 0.1) is 6.04 Å². The van der Waals surface area contributed by atoms with Gasteiger partial charge in [0.15, 0.2) is 11.5 Å². The molecule has 1 saturated heterocycles. The fraction of sp³-hybridized carbons (Fsp3) is 0.409. The third-order valence-electron chi connectivity index (χ3n) is 5.59. The summed E-state index contributed by atoms with van der Waals surface area (Å²) in [4.78, 5) is 14.7. The number of hydrogen-bond acceptors (Lipinski definition) is 4. The molecule has 2 heterocycles. The molecule has 154 valence electrons. The summed E-state index contributed by atoms with van der Waals surface area (Å²) in [7, 11) is 0. The fourth-order valence-electron chi connectivity index (χ4n) is 3.89. The highest BCUT2D eigenvalue weighted by Crippen LogP contribution is 2.34. The zero-order valence-electron chi connectivity index (χ0n) is 16.7. The summed E-state index contributed by atoms with van der Waals surface area (Å²) >= 11 is 6.16. The van der Waals surface area contributed by atoms with Crippen LogP contribution in [0.3, 0.4) is 0 Å². The Hall–Kier alpha value is -2.60. The van der Waals surface area contributed by atoms with Crippen LogP contribution < -0.4 is 25.0 Å². The smallest absolute Gasteiger partial charge is 0.315 e. The molecule has 2 aliphatic heterocycles. The molecule has 2 aromatic carbocycles. The topological polar surface area (TPSA) is 62.8 Å². The van der Waals surface area contributed by atoms with Gasteiger partial charge >= 0.3 is 6.03 Å². The van der Waals surface area contributed by atoms with Crippen LogP contribution in [0.15, 0.2) is 36.4 Å². The number of rotatable bonds is 5. The minimum absolute atomic E-state index is 0.126. The first kappa shape index (κ1) is 19.7. The number of carbonyl (C=O) groups is 1. The molecule has 2 aliphatic rings. The van der Waals surface area contributed by atoms with Crippen molar-refractivity contribution in [3.8, 4) is 11.5 Å². The first-order chi connectivity index (χ1) is 14.0. The Kier molecular flexibility index (Phi) is 5.72. The zero-order valence-corrected chi connectivity index (χ0v) is 17.5. The second-order valence-electron chi connectivity index (χ2n) is 7.72. The first-order valence-electron chi connectivity index (χ1n) is 9.94. The molecular formula is C22H26ClN3O3. The van der Waals surface area contributed by atoms with Crippen molar-refractivity contribution in [2.45, 2.75) is 26.3 Å². The maximum Gasteiger partial charge on any atom is 0.315 e. The maximum absolute atomic E-state index is 12.4.